The van der Waals surface area contributed by atoms with Crippen molar-refractivity contribution in [2.45, 2.75) is 31.8 Å². The molecule has 2 aromatic carbocycles. The number of fused-ring (bicyclic) bond motifs is 1. The van der Waals surface area contributed by atoms with Crippen molar-refractivity contribution >= 4 is 40.2 Å². The second kappa shape index (κ2) is 8.11. The molecule has 0 saturated heterocycles. The number of aryl methyl sites for hydroxylation is 2. The van der Waals surface area contributed by atoms with Gasteiger partial charge >= 0.3 is 0 Å². The van der Waals surface area contributed by atoms with Crippen molar-refractivity contribution in [1.29, 1.82) is 0 Å². The molecule has 3 nitrogen and oxygen atoms in total. The van der Waals surface area contributed by atoms with Crippen LogP contribution in [-0.2, 0) is 4.79 Å². The third-order valence-electron chi connectivity index (χ3n) is 4.30. The zero-order valence-corrected chi connectivity index (χ0v) is 16.6. The van der Waals surface area contributed by atoms with Crippen LogP contribution in [0.1, 0.15) is 29.7 Å². The molecule has 3 rings (SSSR count). The predicted molar refractivity (Wildman–Crippen MR) is 110 cm³/mol. The smallest absolute Gasteiger partial charge is 0.230 e. The van der Waals surface area contributed by atoms with E-state index in [0.717, 1.165) is 27.1 Å². The second-order valence-corrected chi connectivity index (χ2v) is 7.81. The fraction of sp³-hybridized carbons (Fsp3) is 0.238. The van der Waals surface area contributed by atoms with Crippen LogP contribution in [0.5, 0.6) is 0 Å². The third kappa shape index (κ3) is 4.37. The Morgan fingerprint density at radius 2 is 1.92 bits per heavy atom. The topological polar surface area (TPSA) is 42.0 Å². The van der Waals surface area contributed by atoms with E-state index in [1.807, 2.05) is 43.3 Å². The first kappa shape index (κ1) is 18.7. The Morgan fingerprint density at radius 3 is 2.69 bits per heavy atom. The van der Waals surface area contributed by atoms with Gasteiger partial charge in [-0.1, -0.05) is 53.7 Å². The first-order valence-corrected chi connectivity index (χ1v) is 9.85. The summed E-state index contributed by atoms with van der Waals surface area (Å²) in [6, 6.07) is 15.7. The first-order chi connectivity index (χ1) is 12.4. The van der Waals surface area contributed by atoms with Crippen LogP contribution in [0.25, 0.3) is 10.9 Å². The predicted octanol–water partition coefficient (Wildman–Crippen LogP) is 5.47. The molecule has 0 fully saturated rings. The fourth-order valence-corrected chi connectivity index (χ4v) is 3.86. The van der Waals surface area contributed by atoms with Crippen molar-refractivity contribution in [2.24, 2.45) is 0 Å². The standard InChI is InChI=1S/C21H21ClN2OS/c1-13-6-4-9-18-14(2)10-20(24-21(13)18)26-12-19(25)23-15(3)16-7-5-8-17(22)11-16/h4-11,15H,12H2,1-3H3,(H,23,25)/t15-/m0/s1. The van der Waals surface area contributed by atoms with Crippen molar-refractivity contribution in [3.63, 3.8) is 0 Å². The minimum absolute atomic E-state index is 0.0215. The van der Waals surface area contributed by atoms with Crippen molar-refractivity contribution in [3.05, 3.63) is 70.2 Å². The molecule has 5 heteroatoms. The van der Waals surface area contributed by atoms with Gasteiger partial charge in [-0.2, -0.15) is 0 Å². The number of pyridine rings is 1. The lowest BCUT2D eigenvalue weighted by Crippen LogP contribution is -2.28. The summed E-state index contributed by atoms with van der Waals surface area (Å²) in [5.41, 5.74) is 4.31. The van der Waals surface area contributed by atoms with Gasteiger partial charge in [0.1, 0.15) is 0 Å². The highest BCUT2D eigenvalue weighted by molar-refractivity contribution is 7.99. The maximum atomic E-state index is 12.3. The molecule has 1 amide bonds. The maximum absolute atomic E-state index is 12.3. The number of thioether (sulfide) groups is 1. The number of hydrogen-bond acceptors (Lipinski definition) is 3. The van der Waals surface area contributed by atoms with Crippen LogP contribution in [-0.4, -0.2) is 16.6 Å². The lowest BCUT2D eigenvalue weighted by atomic mass is 10.1. The molecular weight excluding hydrogens is 364 g/mol. The van der Waals surface area contributed by atoms with E-state index in [-0.39, 0.29) is 11.9 Å². The molecule has 0 aliphatic carbocycles. The van der Waals surface area contributed by atoms with Gasteiger partial charge in [0.2, 0.25) is 5.91 Å². The summed E-state index contributed by atoms with van der Waals surface area (Å²) in [7, 11) is 0. The fourth-order valence-electron chi connectivity index (χ4n) is 2.89. The zero-order chi connectivity index (χ0) is 18.7. The third-order valence-corrected chi connectivity index (χ3v) is 5.45. The molecular formula is C21H21ClN2OS. The highest BCUT2D eigenvalue weighted by Crippen LogP contribution is 2.25. The summed E-state index contributed by atoms with van der Waals surface area (Å²) in [4.78, 5) is 17.0. The largest absolute Gasteiger partial charge is 0.349 e. The van der Waals surface area contributed by atoms with Crippen LogP contribution in [0.3, 0.4) is 0 Å². The van der Waals surface area contributed by atoms with Crippen molar-refractivity contribution in [1.82, 2.24) is 10.3 Å². The van der Waals surface area contributed by atoms with E-state index in [0.29, 0.717) is 10.8 Å². The minimum atomic E-state index is -0.0876. The highest BCUT2D eigenvalue weighted by Gasteiger charge is 2.12. The lowest BCUT2D eigenvalue weighted by Gasteiger charge is -2.14. The summed E-state index contributed by atoms with van der Waals surface area (Å²) in [5.74, 6) is 0.307. The Morgan fingerprint density at radius 1 is 1.15 bits per heavy atom. The van der Waals surface area contributed by atoms with Crippen LogP contribution in [0.2, 0.25) is 5.02 Å². The quantitative estimate of drug-likeness (QED) is 0.592. The van der Waals surface area contributed by atoms with Crippen LogP contribution >= 0.6 is 23.4 Å². The van der Waals surface area contributed by atoms with Crippen LogP contribution in [0, 0.1) is 13.8 Å². The summed E-state index contributed by atoms with van der Waals surface area (Å²) < 4.78 is 0. The van der Waals surface area contributed by atoms with E-state index in [4.69, 9.17) is 16.6 Å². The van der Waals surface area contributed by atoms with Gasteiger partial charge in [-0.15, -0.1) is 0 Å². The van der Waals surface area contributed by atoms with Gasteiger partial charge in [0.25, 0.3) is 0 Å². The van der Waals surface area contributed by atoms with Crippen molar-refractivity contribution < 1.29 is 4.79 Å². The normalized spacial score (nSPS) is 12.2. The Hall–Kier alpha value is -2.04. The van der Waals surface area contributed by atoms with Crippen molar-refractivity contribution in [3.8, 4) is 0 Å². The molecule has 0 radical (unpaired) electrons. The monoisotopic (exact) mass is 384 g/mol. The summed E-state index contributed by atoms with van der Waals surface area (Å²) >= 11 is 7.47. The van der Waals surface area contributed by atoms with Crippen LogP contribution in [0.15, 0.2) is 53.6 Å². The second-order valence-electron chi connectivity index (χ2n) is 6.38. The Kier molecular flexibility index (Phi) is 5.84. The number of nitrogens with zero attached hydrogens (tertiary/aromatic N) is 1. The number of halogens is 1. The summed E-state index contributed by atoms with van der Waals surface area (Å²) in [6.45, 7) is 6.09. The summed E-state index contributed by atoms with van der Waals surface area (Å²) in [5, 5.41) is 5.71. The maximum Gasteiger partial charge on any atom is 0.230 e. The number of benzene rings is 2. The van der Waals surface area contributed by atoms with Gasteiger partial charge in [0.05, 0.1) is 22.3 Å². The van der Waals surface area contributed by atoms with E-state index in [1.54, 1.807) is 0 Å². The van der Waals surface area contributed by atoms with Crippen LogP contribution in [0.4, 0.5) is 0 Å². The molecule has 0 aliphatic heterocycles. The van der Waals surface area contributed by atoms with E-state index in [1.165, 1.54) is 17.3 Å². The average Bonchev–Trinajstić information content (AvgIpc) is 2.61. The lowest BCUT2D eigenvalue weighted by molar-refractivity contribution is -0.119. The minimum Gasteiger partial charge on any atom is -0.349 e. The molecule has 0 bridgehead atoms. The van der Waals surface area contributed by atoms with Gasteiger partial charge in [0, 0.05) is 10.4 Å². The van der Waals surface area contributed by atoms with Gasteiger partial charge in [-0.05, 0) is 55.7 Å². The molecule has 3 aromatic rings. The number of carbonyl (C=O) groups excluding carboxylic acids is 1. The Bertz CT molecular complexity index is 958. The van der Waals surface area contributed by atoms with Gasteiger partial charge in [-0.25, -0.2) is 4.98 Å². The number of amides is 1. The molecule has 0 aliphatic rings. The number of para-hydroxylation sites is 1. The van der Waals surface area contributed by atoms with E-state index in [2.05, 4.69) is 31.3 Å². The zero-order valence-electron chi connectivity index (χ0n) is 15.0. The molecule has 0 spiro atoms. The van der Waals surface area contributed by atoms with E-state index in [9.17, 15) is 4.79 Å². The average molecular weight is 385 g/mol. The molecule has 1 atom stereocenters. The van der Waals surface area contributed by atoms with E-state index >= 15 is 0 Å². The van der Waals surface area contributed by atoms with E-state index < -0.39 is 0 Å². The molecule has 26 heavy (non-hydrogen) atoms. The number of hydrogen-bond donors (Lipinski definition) is 1. The summed E-state index contributed by atoms with van der Waals surface area (Å²) in [6.07, 6.45) is 0. The van der Waals surface area contributed by atoms with Gasteiger partial charge in [-0.3, -0.25) is 4.79 Å². The number of nitrogens with one attached hydrogen (secondary N) is 1. The molecule has 0 saturated carbocycles. The van der Waals surface area contributed by atoms with Crippen LogP contribution < -0.4 is 5.32 Å². The number of aromatic nitrogens is 1. The number of carbonyl (C=O) groups is 1. The van der Waals surface area contributed by atoms with Gasteiger partial charge < -0.3 is 5.32 Å². The molecule has 1 heterocycles. The molecule has 1 aromatic heterocycles. The first-order valence-electron chi connectivity index (χ1n) is 8.48. The molecule has 1 N–H and O–H groups in total. The highest BCUT2D eigenvalue weighted by atomic mass is 35.5. The Balaban J connectivity index is 1.66. The number of rotatable bonds is 5. The SMILES string of the molecule is Cc1cc(SCC(=O)N[C@@H](C)c2cccc(Cl)c2)nc2c(C)cccc12. The molecule has 0 unspecified atom stereocenters. The van der Waals surface area contributed by atoms with Crippen molar-refractivity contribution in [2.75, 3.05) is 5.75 Å². The van der Waals surface area contributed by atoms with Gasteiger partial charge in [0.15, 0.2) is 0 Å². The Labute approximate surface area is 163 Å². The molecule has 134 valence electrons.